The first-order valence-electron chi connectivity index (χ1n) is 14.8. The van der Waals surface area contributed by atoms with Crippen LogP contribution in [0.3, 0.4) is 0 Å². The summed E-state index contributed by atoms with van der Waals surface area (Å²) in [5.74, 6) is 3.99. The molecular formula is C36H44O6. The van der Waals surface area contributed by atoms with Gasteiger partial charge in [-0.2, -0.15) is 0 Å². The van der Waals surface area contributed by atoms with E-state index in [2.05, 4.69) is 49.4 Å². The summed E-state index contributed by atoms with van der Waals surface area (Å²) < 4.78 is 35.0. The average Bonchev–Trinajstić information content (AvgIpc) is 3.04. The number of rotatable bonds is 13. The van der Waals surface area contributed by atoms with E-state index < -0.39 is 0 Å². The predicted octanol–water partition coefficient (Wildman–Crippen LogP) is 8.95. The Morgan fingerprint density at radius 2 is 1.02 bits per heavy atom. The van der Waals surface area contributed by atoms with Gasteiger partial charge in [-0.25, -0.2) is 0 Å². The fourth-order valence-electron chi connectivity index (χ4n) is 4.96. The Morgan fingerprint density at radius 1 is 0.619 bits per heavy atom. The van der Waals surface area contributed by atoms with Crippen molar-refractivity contribution in [2.45, 2.75) is 64.6 Å². The lowest BCUT2D eigenvalue weighted by atomic mass is 9.98. The maximum atomic E-state index is 6.34. The van der Waals surface area contributed by atoms with Crippen LogP contribution >= 0.6 is 0 Å². The van der Waals surface area contributed by atoms with Crippen LogP contribution in [-0.4, -0.2) is 40.6 Å². The fourth-order valence-corrected chi connectivity index (χ4v) is 4.96. The van der Waals surface area contributed by atoms with Gasteiger partial charge in [0.2, 0.25) is 11.5 Å². The molecule has 6 heteroatoms. The zero-order valence-electron chi connectivity index (χ0n) is 25.8. The van der Waals surface area contributed by atoms with Crippen LogP contribution in [0.2, 0.25) is 0 Å². The SMILES string of the molecule is CCC(C)Oc1c(OC)cc(C=Cc2ccc(C=Cc3cc(OC)c(OC4CCCCC4)c(OC)c3)cc2)cc1OC. The molecule has 0 aromatic heterocycles. The summed E-state index contributed by atoms with van der Waals surface area (Å²) in [6.45, 7) is 4.11. The predicted molar refractivity (Wildman–Crippen MR) is 171 cm³/mol. The van der Waals surface area contributed by atoms with Crippen LogP contribution in [-0.2, 0) is 0 Å². The molecule has 0 amide bonds. The van der Waals surface area contributed by atoms with Crippen molar-refractivity contribution in [1.82, 2.24) is 0 Å². The summed E-state index contributed by atoms with van der Waals surface area (Å²) in [4.78, 5) is 0. The molecule has 0 N–H and O–H groups in total. The zero-order valence-corrected chi connectivity index (χ0v) is 25.8. The molecule has 1 saturated carbocycles. The van der Waals surface area contributed by atoms with Crippen molar-refractivity contribution < 1.29 is 28.4 Å². The highest BCUT2D eigenvalue weighted by Gasteiger charge is 2.21. The fraction of sp³-hybridized carbons (Fsp3) is 0.389. The van der Waals surface area contributed by atoms with Gasteiger partial charge in [-0.15, -0.1) is 0 Å². The molecule has 4 rings (SSSR count). The molecule has 0 aliphatic heterocycles. The first-order valence-corrected chi connectivity index (χ1v) is 14.8. The monoisotopic (exact) mass is 572 g/mol. The number of hydrogen-bond acceptors (Lipinski definition) is 6. The minimum atomic E-state index is 0.0606. The molecule has 42 heavy (non-hydrogen) atoms. The van der Waals surface area contributed by atoms with Gasteiger partial charge in [0.05, 0.1) is 40.6 Å². The molecule has 0 spiro atoms. The topological polar surface area (TPSA) is 55.4 Å². The molecule has 1 aliphatic rings. The van der Waals surface area contributed by atoms with Crippen LogP contribution in [0.1, 0.15) is 74.6 Å². The van der Waals surface area contributed by atoms with E-state index in [0.717, 1.165) is 41.5 Å². The van der Waals surface area contributed by atoms with E-state index >= 15 is 0 Å². The van der Waals surface area contributed by atoms with Crippen molar-refractivity contribution in [3.05, 3.63) is 70.8 Å². The molecule has 3 aromatic rings. The second kappa shape index (κ2) is 15.2. The van der Waals surface area contributed by atoms with E-state index in [4.69, 9.17) is 28.4 Å². The van der Waals surface area contributed by atoms with E-state index in [-0.39, 0.29) is 12.2 Å². The largest absolute Gasteiger partial charge is 0.493 e. The Morgan fingerprint density at radius 3 is 1.43 bits per heavy atom. The van der Waals surface area contributed by atoms with Gasteiger partial charge in [0.15, 0.2) is 23.0 Å². The van der Waals surface area contributed by atoms with Gasteiger partial charge in [-0.05, 0) is 85.5 Å². The highest BCUT2D eigenvalue weighted by atomic mass is 16.5. The summed E-state index contributed by atoms with van der Waals surface area (Å²) in [5, 5.41) is 0. The Kier molecular flexibility index (Phi) is 11.2. The van der Waals surface area contributed by atoms with Gasteiger partial charge in [0.25, 0.3) is 0 Å². The van der Waals surface area contributed by atoms with E-state index in [1.807, 2.05) is 37.3 Å². The summed E-state index contributed by atoms with van der Waals surface area (Å²) in [6, 6.07) is 16.3. The minimum Gasteiger partial charge on any atom is -0.493 e. The molecule has 0 saturated heterocycles. The normalized spacial score (nSPS) is 14.6. The Labute approximate surface area is 250 Å². The molecule has 1 unspecified atom stereocenters. The first-order chi connectivity index (χ1) is 20.5. The van der Waals surface area contributed by atoms with Gasteiger partial charge >= 0.3 is 0 Å². The molecule has 3 aromatic carbocycles. The van der Waals surface area contributed by atoms with Crippen molar-refractivity contribution in [3.63, 3.8) is 0 Å². The second-order valence-electron chi connectivity index (χ2n) is 10.6. The number of benzene rings is 3. The summed E-state index contributed by atoms with van der Waals surface area (Å²) >= 11 is 0. The van der Waals surface area contributed by atoms with Crippen LogP contribution in [0.15, 0.2) is 48.5 Å². The molecule has 0 heterocycles. The van der Waals surface area contributed by atoms with Gasteiger partial charge in [-0.1, -0.05) is 61.9 Å². The van der Waals surface area contributed by atoms with Crippen molar-refractivity contribution in [3.8, 4) is 34.5 Å². The molecular weight excluding hydrogens is 528 g/mol. The highest BCUT2D eigenvalue weighted by Crippen LogP contribution is 2.42. The minimum absolute atomic E-state index is 0.0606. The van der Waals surface area contributed by atoms with Crippen molar-refractivity contribution >= 4 is 24.3 Å². The Balaban J connectivity index is 1.47. The van der Waals surface area contributed by atoms with Crippen LogP contribution < -0.4 is 28.4 Å². The standard InChI is InChI=1S/C36H44O6/c1-7-25(2)41-35-31(37-3)21-28(22-32(35)38-4)19-17-26-13-15-27(16-14-26)18-20-29-23-33(39-5)36(34(24-29)40-6)42-30-11-9-8-10-12-30/h13-25,30H,7-12H2,1-6H3. The molecule has 0 radical (unpaired) electrons. The Hall–Kier alpha value is -4.06. The first kappa shape index (κ1) is 30.9. The van der Waals surface area contributed by atoms with Crippen LogP contribution in [0.4, 0.5) is 0 Å². The summed E-state index contributed by atoms with van der Waals surface area (Å²) in [7, 11) is 6.63. The lowest BCUT2D eigenvalue weighted by Crippen LogP contribution is -2.20. The number of ether oxygens (including phenoxy) is 6. The lowest BCUT2D eigenvalue weighted by Gasteiger charge is -2.25. The van der Waals surface area contributed by atoms with E-state index in [0.29, 0.717) is 34.5 Å². The van der Waals surface area contributed by atoms with E-state index in [1.54, 1.807) is 28.4 Å². The number of methoxy groups -OCH3 is 4. The highest BCUT2D eigenvalue weighted by molar-refractivity contribution is 5.75. The Bertz CT molecular complexity index is 1300. The van der Waals surface area contributed by atoms with Crippen molar-refractivity contribution in [2.24, 2.45) is 0 Å². The third-order valence-electron chi connectivity index (χ3n) is 7.57. The maximum absolute atomic E-state index is 6.34. The maximum Gasteiger partial charge on any atom is 0.203 e. The zero-order chi connectivity index (χ0) is 29.9. The van der Waals surface area contributed by atoms with Crippen molar-refractivity contribution in [2.75, 3.05) is 28.4 Å². The van der Waals surface area contributed by atoms with Gasteiger partial charge in [-0.3, -0.25) is 0 Å². The third-order valence-corrected chi connectivity index (χ3v) is 7.57. The summed E-state index contributed by atoms with van der Waals surface area (Å²) in [5.41, 5.74) is 4.11. The van der Waals surface area contributed by atoms with Crippen LogP contribution in [0.5, 0.6) is 34.5 Å². The van der Waals surface area contributed by atoms with Crippen molar-refractivity contribution in [1.29, 1.82) is 0 Å². The van der Waals surface area contributed by atoms with Crippen LogP contribution in [0.25, 0.3) is 24.3 Å². The average molecular weight is 573 g/mol. The molecule has 1 atom stereocenters. The number of hydrogen-bond donors (Lipinski definition) is 0. The van der Waals surface area contributed by atoms with Gasteiger partial charge in [0, 0.05) is 0 Å². The summed E-state index contributed by atoms with van der Waals surface area (Å²) in [6.07, 6.45) is 15.2. The third kappa shape index (κ3) is 8.03. The van der Waals surface area contributed by atoms with E-state index in [1.165, 1.54) is 19.3 Å². The second-order valence-corrected chi connectivity index (χ2v) is 10.6. The van der Waals surface area contributed by atoms with Gasteiger partial charge in [0.1, 0.15) is 0 Å². The molecule has 6 nitrogen and oxygen atoms in total. The van der Waals surface area contributed by atoms with Gasteiger partial charge < -0.3 is 28.4 Å². The molecule has 0 bridgehead atoms. The smallest absolute Gasteiger partial charge is 0.203 e. The van der Waals surface area contributed by atoms with E-state index in [9.17, 15) is 0 Å². The van der Waals surface area contributed by atoms with Crippen LogP contribution in [0, 0.1) is 0 Å². The lowest BCUT2D eigenvalue weighted by molar-refractivity contribution is 0.144. The quantitative estimate of drug-likeness (QED) is 0.191. The molecule has 224 valence electrons. The molecule has 1 fully saturated rings. The molecule has 1 aliphatic carbocycles.